The molecule has 0 fully saturated rings. The molecule has 5 nitrogen and oxygen atoms in total. The van der Waals surface area contributed by atoms with E-state index in [2.05, 4.69) is 4.98 Å². The number of allylic oxidation sites excluding steroid dienone is 2. The number of hydrogen-bond acceptors (Lipinski definition) is 3. The number of nitrogens with zero attached hydrogens (tertiary/aromatic N) is 2. The van der Waals surface area contributed by atoms with Gasteiger partial charge in [-0.3, -0.25) is 14.2 Å². The first-order valence-electron chi connectivity index (χ1n) is 6.69. The Bertz CT molecular complexity index is 797. The topological polar surface area (TPSA) is 78.0 Å². The number of rotatable bonds is 2. The fourth-order valence-corrected chi connectivity index (χ4v) is 3.04. The van der Waals surface area contributed by atoms with E-state index in [-0.39, 0.29) is 11.6 Å². The Labute approximate surface area is 126 Å². The minimum atomic E-state index is -0.408. The van der Waals surface area contributed by atoms with Crippen molar-refractivity contribution in [3.05, 3.63) is 52.1 Å². The number of halogens is 1. The Kier molecular flexibility index (Phi) is 3.51. The highest BCUT2D eigenvalue weighted by Crippen LogP contribution is 2.29. The number of hydrogen-bond donors (Lipinski definition) is 1. The Hall–Kier alpha value is -2.14. The first-order chi connectivity index (χ1) is 10.1. The molecule has 2 atom stereocenters. The van der Waals surface area contributed by atoms with Gasteiger partial charge in [-0.15, -0.1) is 0 Å². The minimum Gasteiger partial charge on any atom is -0.369 e. The maximum Gasteiger partial charge on any atom is 0.262 e. The van der Waals surface area contributed by atoms with Crippen LogP contribution >= 0.6 is 11.6 Å². The average Bonchev–Trinajstić information content (AvgIpc) is 2.47. The van der Waals surface area contributed by atoms with Gasteiger partial charge in [0.2, 0.25) is 5.91 Å². The average molecular weight is 304 g/mol. The number of aromatic nitrogens is 2. The quantitative estimate of drug-likeness (QED) is 0.862. The van der Waals surface area contributed by atoms with Gasteiger partial charge >= 0.3 is 0 Å². The number of primary amides is 1. The highest BCUT2D eigenvalue weighted by molar-refractivity contribution is 6.35. The Morgan fingerprint density at radius 3 is 2.86 bits per heavy atom. The largest absolute Gasteiger partial charge is 0.369 e. The number of benzene rings is 1. The SMILES string of the molecule is NC(=O)[C@@H]1CC=CC[C@H]1n1cnc2cccc(Cl)c2c1=O. The van der Waals surface area contributed by atoms with E-state index in [9.17, 15) is 9.59 Å². The smallest absolute Gasteiger partial charge is 0.262 e. The highest BCUT2D eigenvalue weighted by Gasteiger charge is 2.29. The molecule has 21 heavy (non-hydrogen) atoms. The van der Waals surface area contributed by atoms with Gasteiger partial charge in [0, 0.05) is 0 Å². The van der Waals surface area contributed by atoms with E-state index in [0.29, 0.717) is 28.8 Å². The van der Waals surface area contributed by atoms with Gasteiger partial charge in [-0.05, 0) is 25.0 Å². The van der Waals surface area contributed by atoms with Gasteiger partial charge in [0.15, 0.2) is 0 Å². The molecule has 1 amide bonds. The maximum atomic E-state index is 12.7. The number of carbonyl (C=O) groups is 1. The molecule has 3 rings (SSSR count). The van der Waals surface area contributed by atoms with Crippen LogP contribution in [0.3, 0.4) is 0 Å². The van der Waals surface area contributed by atoms with Gasteiger partial charge < -0.3 is 5.73 Å². The van der Waals surface area contributed by atoms with E-state index >= 15 is 0 Å². The van der Waals surface area contributed by atoms with E-state index in [1.54, 1.807) is 18.2 Å². The fraction of sp³-hybridized carbons (Fsp3) is 0.267. The van der Waals surface area contributed by atoms with Crippen LogP contribution in [0.5, 0.6) is 0 Å². The third-order valence-electron chi connectivity index (χ3n) is 3.88. The summed E-state index contributed by atoms with van der Waals surface area (Å²) in [6.45, 7) is 0. The summed E-state index contributed by atoms with van der Waals surface area (Å²) in [5.74, 6) is -0.815. The molecule has 2 aromatic rings. The first-order valence-corrected chi connectivity index (χ1v) is 7.07. The van der Waals surface area contributed by atoms with Gasteiger partial charge in [0.25, 0.3) is 5.56 Å². The van der Waals surface area contributed by atoms with Crippen molar-refractivity contribution in [2.75, 3.05) is 0 Å². The molecule has 0 radical (unpaired) electrons. The number of fused-ring (bicyclic) bond motifs is 1. The number of amides is 1. The lowest BCUT2D eigenvalue weighted by molar-refractivity contribution is -0.123. The number of carbonyl (C=O) groups excluding carboxylic acids is 1. The van der Waals surface area contributed by atoms with Crippen LogP contribution in [-0.4, -0.2) is 15.5 Å². The van der Waals surface area contributed by atoms with Crippen LogP contribution in [0.25, 0.3) is 10.9 Å². The molecule has 1 aromatic heterocycles. The zero-order chi connectivity index (χ0) is 15.0. The third kappa shape index (κ3) is 2.34. The summed E-state index contributed by atoms with van der Waals surface area (Å²) < 4.78 is 1.48. The van der Waals surface area contributed by atoms with Crippen molar-refractivity contribution < 1.29 is 4.79 Å². The molecule has 0 unspecified atom stereocenters. The molecule has 108 valence electrons. The molecule has 1 aromatic carbocycles. The molecule has 0 saturated carbocycles. The monoisotopic (exact) mass is 303 g/mol. The van der Waals surface area contributed by atoms with Crippen molar-refractivity contribution in [3.63, 3.8) is 0 Å². The highest BCUT2D eigenvalue weighted by atomic mass is 35.5. The summed E-state index contributed by atoms with van der Waals surface area (Å²) in [6.07, 6.45) is 6.45. The van der Waals surface area contributed by atoms with Crippen molar-refractivity contribution in [2.45, 2.75) is 18.9 Å². The Balaban J connectivity index is 2.19. The molecule has 0 saturated heterocycles. The zero-order valence-electron chi connectivity index (χ0n) is 11.2. The lowest BCUT2D eigenvalue weighted by atomic mass is 9.88. The van der Waals surface area contributed by atoms with Crippen LogP contribution < -0.4 is 11.3 Å². The van der Waals surface area contributed by atoms with Crippen LogP contribution in [0.15, 0.2) is 41.5 Å². The fourth-order valence-electron chi connectivity index (χ4n) is 2.79. The lowest BCUT2D eigenvalue weighted by Gasteiger charge is -2.27. The van der Waals surface area contributed by atoms with Crippen LogP contribution in [-0.2, 0) is 4.79 Å². The summed E-state index contributed by atoms with van der Waals surface area (Å²) in [7, 11) is 0. The van der Waals surface area contributed by atoms with Crippen molar-refractivity contribution in [3.8, 4) is 0 Å². The molecule has 0 aliphatic heterocycles. The van der Waals surface area contributed by atoms with Crippen LogP contribution in [0.2, 0.25) is 5.02 Å². The van der Waals surface area contributed by atoms with Crippen molar-refractivity contribution in [1.82, 2.24) is 9.55 Å². The minimum absolute atomic E-state index is 0.239. The summed E-state index contributed by atoms with van der Waals surface area (Å²) in [6, 6.07) is 4.83. The molecule has 1 aliphatic carbocycles. The zero-order valence-corrected chi connectivity index (χ0v) is 12.0. The van der Waals surface area contributed by atoms with Crippen molar-refractivity contribution in [2.24, 2.45) is 11.7 Å². The molecule has 2 N–H and O–H groups in total. The van der Waals surface area contributed by atoms with E-state index in [4.69, 9.17) is 17.3 Å². The predicted octanol–water partition coefficient (Wildman–Crippen LogP) is 2.04. The predicted molar refractivity (Wildman–Crippen MR) is 81.1 cm³/mol. The molecule has 6 heteroatoms. The molecule has 1 aliphatic rings. The first kappa shape index (κ1) is 13.8. The standard InChI is InChI=1S/C15H14ClN3O2/c16-10-5-3-6-11-13(10)15(21)19(8-18-11)12-7-2-1-4-9(12)14(17)20/h1-3,5-6,8-9,12H,4,7H2,(H2,17,20)/t9-,12-/m1/s1. The normalized spacial score (nSPS) is 21.6. The second kappa shape index (κ2) is 5.33. The summed E-state index contributed by atoms with van der Waals surface area (Å²) in [4.78, 5) is 28.6. The maximum absolute atomic E-state index is 12.7. The summed E-state index contributed by atoms with van der Waals surface area (Å²) in [5.41, 5.74) is 5.76. The molecular formula is C15H14ClN3O2. The van der Waals surface area contributed by atoms with Gasteiger partial charge in [-0.1, -0.05) is 29.8 Å². The second-order valence-electron chi connectivity index (χ2n) is 5.11. The Morgan fingerprint density at radius 1 is 1.33 bits per heavy atom. The molecule has 1 heterocycles. The number of nitrogens with two attached hydrogens (primary N) is 1. The molecule has 0 bridgehead atoms. The lowest BCUT2D eigenvalue weighted by Crippen LogP contribution is -2.37. The van der Waals surface area contributed by atoms with Crippen LogP contribution in [0.4, 0.5) is 0 Å². The van der Waals surface area contributed by atoms with Gasteiger partial charge in [0.05, 0.1) is 34.2 Å². The van der Waals surface area contributed by atoms with Gasteiger partial charge in [0.1, 0.15) is 0 Å². The van der Waals surface area contributed by atoms with E-state index < -0.39 is 11.8 Å². The van der Waals surface area contributed by atoms with Crippen LogP contribution in [0.1, 0.15) is 18.9 Å². The molecular weight excluding hydrogens is 290 g/mol. The Morgan fingerprint density at radius 2 is 2.10 bits per heavy atom. The molecule has 0 spiro atoms. The van der Waals surface area contributed by atoms with E-state index in [0.717, 1.165) is 0 Å². The van der Waals surface area contributed by atoms with E-state index in [1.165, 1.54) is 10.9 Å². The van der Waals surface area contributed by atoms with Crippen molar-refractivity contribution >= 4 is 28.4 Å². The second-order valence-corrected chi connectivity index (χ2v) is 5.52. The van der Waals surface area contributed by atoms with Crippen molar-refractivity contribution in [1.29, 1.82) is 0 Å². The summed E-state index contributed by atoms with van der Waals surface area (Å²) >= 11 is 6.11. The third-order valence-corrected chi connectivity index (χ3v) is 4.20. The van der Waals surface area contributed by atoms with Gasteiger partial charge in [-0.2, -0.15) is 0 Å². The van der Waals surface area contributed by atoms with Gasteiger partial charge in [-0.25, -0.2) is 4.98 Å². The summed E-state index contributed by atoms with van der Waals surface area (Å²) in [5, 5.41) is 0.737. The van der Waals surface area contributed by atoms with Crippen LogP contribution in [0, 0.1) is 5.92 Å². The van der Waals surface area contributed by atoms with E-state index in [1.807, 2.05) is 12.2 Å².